The number of carbonyl (C=O) groups is 2. The first kappa shape index (κ1) is 15.0. The average molecular weight is 293 g/mol. The van der Waals surface area contributed by atoms with Crippen molar-refractivity contribution in [2.24, 2.45) is 5.92 Å². The van der Waals surface area contributed by atoms with Crippen LogP contribution in [0.5, 0.6) is 5.75 Å². The van der Waals surface area contributed by atoms with Crippen molar-refractivity contribution in [1.82, 2.24) is 4.90 Å². The summed E-state index contributed by atoms with van der Waals surface area (Å²) in [5.74, 6) is -2.01. The first-order valence-electron chi connectivity index (χ1n) is 6.54. The Hall–Kier alpha value is -2.37. The Kier molecular flexibility index (Phi) is 4.57. The lowest BCUT2D eigenvalue weighted by molar-refractivity contribution is -0.141. The van der Waals surface area contributed by atoms with Gasteiger partial charge in [-0.05, 0) is 30.2 Å². The molecule has 2 rings (SSSR count). The van der Waals surface area contributed by atoms with E-state index < -0.39 is 17.7 Å². The highest BCUT2D eigenvalue weighted by Gasteiger charge is 2.29. The number of carbonyl (C=O) groups excluding carboxylic acids is 1. The van der Waals surface area contributed by atoms with Crippen LogP contribution in [0.2, 0.25) is 0 Å². The van der Waals surface area contributed by atoms with E-state index in [1.54, 1.807) is 6.07 Å². The summed E-state index contributed by atoms with van der Waals surface area (Å²) >= 11 is 0. The molecule has 1 unspecified atom stereocenters. The summed E-state index contributed by atoms with van der Waals surface area (Å²) in [5, 5.41) is 8.89. The van der Waals surface area contributed by atoms with Crippen molar-refractivity contribution < 1.29 is 23.8 Å². The number of carboxylic acids is 1. The number of amides is 1. The zero-order valence-electron chi connectivity index (χ0n) is 11.6. The third-order valence-electron chi connectivity index (χ3n) is 3.44. The second-order valence-electron chi connectivity index (χ2n) is 4.84. The van der Waals surface area contributed by atoms with Gasteiger partial charge < -0.3 is 14.7 Å². The predicted molar refractivity (Wildman–Crippen MR) is 74.3 cm³/mol. The summed E-state index contributed by atoms with van der Waals surface area (Å²) in [6, 6.07) is 4.39. The molecule has 1 aromatic rings. The smallest absolute Gasteiger partial charge is 0.308 e. The molecule has 112 valence electrons. The van der Waals surface area contributed by atoms with Gasteiger partial charge in [0.2, 0.25) is 5.91 Å². The molecule has 0 saturated carbocycles. The van der Waals surface area contributed by atoms with Crippen molar-refractivity contribution in [2.75, 3.05) is 20.2 Å². The maximum atomic E-state index is 13.5. The molecule has 1 saturated heterocycles. The van der Waals surface area contributed by atoms with Gasteiger partial charge in [0.15, 0.2) is 11.6 Å². The number of carboxylic acid groups (broad SMARTS) is 1. The number of halogens is 1. The van der Waals surface area contributed by atoms with Gasteiger partial charge in [-0.1, -0.05) is 6.07 Å². The fraction of sp³-hybridized carbons (Fsp3) is 0.333. The molecule has 1 fully saturated rings. The van der Waals surface area contributed by atoms with Crippen LogP contribution in [0.15, 0.2) is 24.3 Å². The number of aliphatic carboxylic acids is 1. The maximum Gasteiger partial charge on any atom is 0.308 e. The molecule has 1 aromatic carbocycles. The fourth-order valence-corrected chi connectivity index (χ4v) is 2.22. The Morgan fingerprint density at radius 2 is 2.24 bits per heavy atom. The quantitative estimate of drug-likeness (QED) is 0.859. The normalized spacial score (nSPS) is 18.2. The fourth-order valence-electron chi connectivity index (χ4n) is 2.22. The van der Waals surface area contributed by atoms with Crippen LogP contribution in [0.4, 0.5) is 4.39 Å². The summed E-state index contributed by atoms with van der Waals surface area (Å²) in [6.07, 6.45) is 3.29. The molecule has 5 nitrogen and oxygen atoms in total. The van der Waals surface area contributed by atoms with Crippen LogP contribution < -0.4 is 4.74 Å². The second kappa shape index (κ2) is 6.39. The highest BCUT2D eigenvalue weighted by Crippen LogP contribution is 2.19. The average Bonchev–Trinajstić information content (AvgIpc) is 2.95. The maximum absolute atomic E-state index is 13.5. The first-order chi connectivity index (χ1) is 10.0. The molecule has 0 aromatic heterocycles. The minimum absolute atomic E-state index is 0.141. The number of likely N-dealkylation sites (tertiary alicyclic amines) is 1. The number of rotatable bonds is 4. The van der Waals surface area contributed by atoms with E-state index in [-0.39, 0.29) is 18.2 Å². The van der Waals surface area contributed by atoms with Gasteiger partial charge in [0.1, 0.15) is 0 Å². The van der Waals surface area contributed by atoms with Crippen molar-refractivity contribution in [3.05, 3.63) is 35.7 Å². The predicted octanol–water partition coefficient (Wildman–Crippen LogP) is 1.78. The molecule has 1 N–H and O–H groups in total. The molecule has 0 spiro atoms. The van der Waals surface area contributed by atoms with E-state index in [1.165, 1.54) is 36.3 Å². The van der Waals surface area contributed by atoms with E-state index in [4.69, 9.17) is 9.84 Å². The van der Waals surface area contributed by atoms with Gasteiger partial charge in [-0.25, -0.2) is 4.39 Å². The van der Waals surface area contributed by atoms with Crippen molar-refractivity contribution in [3.8, 4) is 5.75 Å². The number of benzene rings is 1. The highest BCUT2D eigenvalue weighted by molar-refractivity contribution is 5.92. The minimum atomic E-state index is -0.883. The molecule has 0 bridgehead atoms. The first-order valence-corrected chi connectivity index (χ1v) is 6.54. The number of ether oxygens (including phenoxy) is 1. The van der Waals surface area contributed by atoms with E-state index in [0.717, 1.165) is 0 Å². The van der Waals surface area contributed by atoms with Crippen LogP contribution in [-0.2, 0) is 9.59 Å². The largest absolute Gasteiger partial charge is 0.494 e. The van der Waals surface area contributed by atoms with Crippen LogP contribution in [0.3, 0.4) is 0 Å². The topological polar surface area (TPSA) is 66.8 Å². The van der Waals surface area contributed by atoms with Crippen molar-refractivity contribution in [1.29, 1.82) is 0 Å². The van der Waals surface area contributed by atoms with E-state index in [1.807, 2.05) is 0 Å². The lowest BCUT2D eigenvalue weighted by Crippen LogP contribution is -2.28. The van der Waals surface area contributed by atoms with Gasteiger partial charge in [0.25, 0.3) is 0 Å². The minimum Gasteiger partial charge on any atom is -0.494 e. The molecule has 0 aliphatic carbocycles. The zero-order valence-corrected chi connectivity index (χ0v) is 11.6. The summed E-state index contributed by atoms with van der Waals surface area (Å²) in [7, 11) is 1.38. The Bertz CT molecular complexity index is 585. The Morgan fingerprint density at radius 1 is 1.48 bits per heavy atom. The Labute approximate surface area is 121 Å². The molecule has 1 aliphatic heterocycles. The van der Waals surface area contributed by atoms with Gasteiger partial charge in [-0.2, -0.15) is 0 Å². The third kappa shape index (κ3) is 3.59. The standard InChI is InChI=1S/C15H16FNO4/c1-21-13-4-2-10(8-12(13)16)3-5-14(18)17-7-6-11(9-17)15(19)20/h2-5,8,11H,6-7,9H2,1H3,(H,19,20)/b5-3+. The zero-order chi connectivity index (χ0) is 15.4. The molecule has 21 heavy (non-hydrogen) atoms. The number of nitrogens with zero attached hydrogens (tertiary/aromatic N) is 1. The molecule has 1 amide bonds. The SMILES string of the molecule is COc1ccc(/C=C/C(=O)N2CCC(C(=O)O)C2)cc1F. The van der Waals surface area contributed by atoms with Crippen LogP contribution in [0.25, 0.3) is 6.08 Å². The number of methoxy groups -OCH3 is 1. The Morgan fingerprint density at radius 3 is 2.81 bits per heavy atom. The van der Waals surface area contributed by atoms with Gasteiger partial charge >= 0.3 is 5.97 Å². The van der Waals surface area contributed by atoms with E-state index in [2.05, 4.69) is 0 Å². The summed E-state index contributed by atoms with van der Waals surface area (Å²) in [6.45, 7) is 0.645. The summed E-state index contributed by atoms with van der Waals surface area (Å²) < 4.78 is 18.3. The van der Waals surface area contributed by atoms with Gasteiger partial charge in [-0.3, -0.25) is 9.59 Å². The van der Waals surface area contributed by atoms with Crippen LogP contribution in [0, 0.1) is 11.7 Å². The Balaban J connectivity index is 1.99. The van der Waals surface area contributed by atoms with Crippen LogP contribution in [0.1, 0.15) is 12.0 Å². The number of hydrogen-bond donors (Lipinski definition) is 1. The van der Waals surface area contributed by atoms with E-state index in [0.29, 0.717) is 18.5 Å². The lowest BCUT2D eigenvalue weighted by Gasteiger charge is -2.12. The molecule has 1 aliphatic rings. The third-order valence-corrected chi connectivity index (χ3v) is 3.44. The summed E-state index contributed by atoms with van der Waals surface area (Å²) in [4.78, 5) is 24.2. The van der Waals surface area contributed by atoms with Crippen molar-refractivity contribution in [2.45, 2.75) is 6.42 Å². The lowest BCUT2D eigenvalue weighted by atomic mass is 10.1. The van der Waals surface area contributed by atoms with Crippen LogP contribution >= 0.6 is 0 Å². The highest BCUT2D eigenvalue weighted by atomic mass is 19.1. The molecule has 1 atom stereocenters. The van der Waals surface area contributed by atoms with Crippen LogP contribution in [-0.4, -0.2) is 42.1 Å². The van der Waals surface area contributed by atoms with Gasteiger partial charge in [0.05, 0.1) is 13.0 Å². The van der Waals surface area contributed by atoms with Gasteiger partial charge in [0, 0.05) is 19.2 Å². The second-order valence-corrected chi connectivity index (χ2v) is 4.84. The van der Waals surface area contributed by atoms with E-state index >= 15 is 0 Å². The number of hydrogen-bond acceptors (Lipinski definition) is 3. The van der Waals surface area contributed by atoms with Gasteiger partial charge in [-0.15, -0.1) is 0 Å². The summed E-state index contributed by atoms with van der Waals surface area (Å²) in [5.41, 5.74) is 0.538. The molecule has 0 radical (unpaired) electrons. The van der Waals surface area contributed by atoms with Crippen molar-refractivity contribution in [3.63, 3.8) is 0 Å². The van der Waals surface area contributed by atoms with Crippen molar-refractivity contribution >= 4 is 18.0 Å². The van der Waals surface area contributed by atoms with E-state index in [9.17, 15) is 14.0 Å². The molecule has 6 heteroatoms. The molecule has 1 heterocycles. The monoisotopic (exact) mass is 293 g/mol. The molecular weight excluding hydrogens is 277 g/mol. The molecular formula is C15H16FNO4.